The van der Waals surface area contributed by atoms with Gasteiger partial charge in [0, 0.05) is 5.69 Å². The van der Waals surface area contributed by atoms with E-state index in [0.29, 0.717) is 34.9 Å². The van der Waals surface area contributed by atoms with Crippen molar-refractivity contribution in [1.82, 2.24) is 4.98 Å². The number of benzene rings is 1. The fourth-order valence-corrected chi connectivity index (χ4v) is 4.77. The molecule has 10 heteroatoms. The van der Waals surface area contributed by atoms with Crippen LogP contribution in [0, 0.1) is 13.5 Å². The van der Waals surface area contributed by atoms with Crippen molar-refractivity contribution in [2.45, 2.75) is 36.6 Å². The molecule has 0 radical (unpaired) electrons. The quantitative estimate of drug-likeness (QED) is 0.597. The lowest BCUT2D eigenvalue weighted by atomic mass is 9.75. The Labute approximate surface area is 173 Å². The second kappa shape index (κ2) is 6.59. The summed E-state index contributed by atoms with van der Waals surface area (Å²) in [7, 11) is -3.81. The van der Waals surface area contributed by atoms with Gasteiger partial charge in [-0.25, -0.2) is 13.6 Å². The highest BCUT2D eigenvalue weighted by Crippen LogP contribution is 2.47. The highest BCUT2D eigenvalue weighted by Gasteiger charge is 2.59. The molecular formula is C19H17N5O3S2. The summed E-state index contributed by atoms with van der Waals surface area (Å²) >= 11 is 5.66. The molecule has 1 aromatic heterocycles. The van der Waals surface area contributed by atoms with E-state index >= 15 is 0 Å². The van der Waals surface area contributed by atoms with Crippen molar-refractivity contribution in [3.63, 3.8) is 0 Å². The molecule has 1 saturated carbocycles. The predicted octanol–water partition coefficient (Wildman–Crippen LogP) is 2.65. The summed E-state index contributed by atoms with van der Waals surface area (Å²) in [5.74, 6) is 0.140. The summed E-state index contributed by atoms with van der Waals surface area (Å²) in [5.41, 5.74) is 1.01. The molecule has 29 heavy (non-hydrogen) atoms. The van der Waals surface area contributed by atoms with Crippen molar-refractivity contribution < 1.29 is 13.2 Å². The molecule has 0 unspecified atom stereocenters. The lowest BCUT2D eigenvalue weighted by molar-refractivity contribution is -0.123. The van der Waals surface area contributed by atoms with Gasteiger partial charge in [-0.3, -0.25) is 9.69 Å². The second-order valence-electron chi connectivity index (χ2n) is 7.13. The number of hydrogen-bond acceptors (Lipinski definition) is 5. The maximum Gasteiger partial charge on any atom is 0.272 e. The summed E-state index contributed by atoms with van der Waals surface area (Å²) in [5, 5.41) is 5.48. The molecule has 8 nitrogen and oxygen atoms in total. The van der Waals surface area contributed by atoms with Crippen molar-refractivity contribution >= 4 is 50.5 Å². The number of sulfonamides is 1. The average Bonchev–Trinajstić information content (AvgIpc) is 2.88. The number of nitrogens with zero attached hydrogens (tertiary/aromatic N) is 4. The lowest BCUT2D eigenvalue weighted by Crippen LogP contribution is -2.55. The first kappa shape index (κ1) is 19.4. The van der Waals surface area contributed by atoms with Gasteiger partial charge >= 0.3 is 0 Å². The SMILES string of the molecule is [C-]#[N+]c1ncc(N2C(=O)C3(CCC3)N(c3ccc(S(N)(=O)=O)cc3)C2=S)cc1C. The van der Waals surface area contributed by atoms with Crippen LogP contribution in [0.3, 0.4) is 0 Å². The van der Waals surface area contributed by atoms with Gasteiger partial charge in [-0.15, -0.1) is 4.98 Å². The summed E-state index contributed by atoms with van der Waals surface area (Å²) in [6, 6.07) is 7.75. The normalized spacial score (nSPS) is 18.1. The number of aromatic nitrogens is 1. The highest BCUT2D eigenvalue weighted by atomic mass is 32.2. The molecule has 4 rings (SSSR count). The second-order valence-corrected chi connectivity index (χ2v) is 9.05. The van der Waals surface area contributed by atoms with E-state index in [4.69, 9.17) is 23.9 Å². The molecule has 2 N–H and O–H groups in total. The van der Waals surface area contributed by atoms with E-state index in [2.05, 4.69) is 9.83 Å². The first-order valence-electron chi connectivity index (χ1n) is 8.85. The van der Waals surface area contributed by atoms with Gasteiger partial charge in [0.25, 0.3) is 11.7 Å². The van der Waals surface area contributed by atoms with Crippen molar-refractivity contribution in [2.24, 2.45) is 5.14 Å². The van der Waals surface area contributed by atoms with Crippen molar-refractivity contribution in [3.05, 3.63) is 53.5 Å². The van der Waals surface area contributed by atoms with Gasteiger partial charge < -0.3 is 9.74 Å². The van der Waals surface area contributed by atoms with Gasteiger partial charge in [0.2, 0.25) is 10.0 Å². The van der Waals surface area contributed by atoms with Gasteiger partial charge in [0.15, 0.2) is 5.11 Å². The molecule has 0 atom stereocenters. The van der Waals surface area contributed by atoms with Crippen molar-refractivity contribution in [1.29, 1.82) is 0 Å². The Bertz CT molecular complexity index is 1180. The van der Waals surface area contributed by atoms with Crippen LogP contribution in [0.4, 0.5) is 17.2 Å². The minimum atomic E-state index is -3.81. The zero-order valence-electron chi connectivity index (χ0n) is 15.5. The maximum atomic E-state index is 13.4. The van der Waals surface area contributed by atoms with E-state index < -0.39 is 15.6 Å². The molecule has 148 valence electrons. The Hall–Kier alpha value is -2.87. The van der Waals surface area contributed by atoms with Crippen LogP contribution in [0.2, 0.25) is 0 Å². The maximum absolute atomic E-state index is 13.4. The Morgan fingerprint density at radius 3 is 2.38 bits per heavy atom. The van der Waals surface area contributed by atoms with Gasteiger partial charge in [-0.2, -0.15) is 0 Å². The molecule has 1 spiro atoms. The van der Waals surface area contributed by atoms with Crippen LogP contribution in [0.25, 0.3) is 4.85 Å². The number of primary sulfonamides is 1. The molecule has 1 saturated heterocycles. The number of thiocarbonyl (C=S) groups is 1. The van der Waals surface area contributed by atoms with Gasteiger partial charge in [-0.1, -0.05) is 6.57 Å². The van der Waals surface area contributed by atoms with Crippen LogP contribution in [-0.4, -0.2) is 30.0 Å². The first-order valence-corrected chi connectivity index (χ1v) is 10.8. The Kier molecular flexibility index (Phi) is 4.42. The molecular weight excluding hydrogens is 410 g/mol. The number of anilines is 2. The molecule has 2 fully saturated rings. The van der Waals surface area contributed by atoms with Crippen molar-refractivity contribution in [2.75, 3.05) is 9.80 Å². The number of carbonyl (C=O) groups is 1. The number of amides is 1. The third-order valence-corrected chi connectivity index (χ3v) is 6.71. The minimum absolute atomic E-state index is 0.00763. The highest BCUT2D eigenvalue weighted by molar-refractivity contribution is 7.89. The molecule has 1 amide bonds. The van der Waals surface area contributed by atoms with Crippen LogP contribution in [0.15, 0.2) is 41.4 Å². The van der Waals surface area contributed by atoms with Crippen molar-refractivity contribution in [3.8, 4) is 0 Å². The van der Waals surface area contributed by atoms with E-state index in [9.17, 15) is 13.2 Å². The number of carbonyl (C=O) groups excluding carboxylic acids is 1. The summed E-state index contributed by atoms with van der Waals surface area (Å²) in [6.45, 7) is 8.91. The standard InChI is InChI=1S/C19H17N5O3S2/c1-12-10-14(11-22-16(12)21-2)23-17(25)19(8-3-9-19)24(18(23)28)13-4-6-15(7-5-13)29(20,26)27/h4-7,10-11H,3,8-9H2,1H3,(H2,20,26,27). The molecule has 1 aliphatic carbocycles. The van der Waals surface area contributed by atoms with Gasteiger partial charge in [-0.05, 0) is 74.3 Å². The fraction of sp³-hybridized carbons (Fsp3) is 0.263. The Morgan fingerprint density at radius 1 is 1.24 bits per heavy atom. The van der Waals surface area contributed by atoms with Crippen LogP contribution >= 0.6 is 12.2 Å². The van der Waals surface area contributed by atoms with Crippen LogP contribution < -0.4 is 14.9 Å². The molecule has 2 heterocycles. The number of nitrogens with two attached hydrogens (primary N) is 1. The average molecular weight is 428 g/mol. The minimum Gasteiger partial charge on any atom is -0.360 e. The Morgan fingerprint density at radius 2 is 1.90 bits per heavy atom. The van der Waals surface area contributed by atoms with Gasteiger partial charge in [0.05, 0.1) is 10.6 Å². The predicted molar refractivity (Wildman–Crippen MR) is 112 cm³/mol. The summed E-state index contributed by atoms with van der Waals surface area (Å²) < 4.78 is 23.1. The van der Waals surface area contributed by atoms with Crippen LogP contribution in [0.5, 0.6) is 0 Å². The third kappa shape index (κ3) is 2.90. The number of aryl methyl sites for hydroxylation is 1. The number of hydrogen-bond donors (Lipinski definition) is 1. The van der Waals surface area contributed by atoms with Gasteiger partial charge in [0.1, 0.15) is 11.7 Å². The fourth-order valence-electron chi connectivity index (χ4n) is 3.79. The molecule has 1 aromatic carbocycles. The van der Waals surface area contributed by atoms with Crippen LogP contribution in [0.1, 0.15) is 24.8 Å². The Balaban J connectivity index is 1.78. The number of pyridine rings is 1. The monoisotopic (exact) mass is 427 g/mol. The smallest absolute Gasteiger partial charge is 0.272 e. The van der Waals surface area contributed by atoms with E-state index in [1.54, 1.807) is 30.0 Å². The third-order valence-electron chi connectivity index (χ3n) is 5.42. The largest absolute Gasteiger partial charge is 0.360 e. The molecule has 1 aliphatic heterocycles. The number of rotatable bonds is 3. The topological polar surface area (TPSA) is 101 Å². The van der Waals surface area contributed by atoms with Crippen LogP contribution in [-0.2, 0) is 14.8 Å². The molecule has 2 aliphatic rings. The zero-order chi connectivity index (χ0) is 21.0. The summed E-state index contributed by atoms with van der Waals surface area (Å²) in [4.78, 5) is 24.1. The van der Waals surface area contributed by atoms with E-state index in [0.717, 1.165) is 6.42 Å². The lowest BCUT2D eigenvalue weighted by Gasteiger charge is -2.43. The molecule has 0 bridgehead atoms. The summed E-state index contributed by atoms with van der Waals surface area (Å²) in [6.07, 6.45) is 3.66. The van der Waals surface area contributed by atoms with E-state index in [-0.39, 0.29) is 16.6 Å². The first-order chi connectivity index (χ1) is 13.7. The molecule has 2 aromatic rings. The van der Waals surface area contributed by atoms with E-state index in [1.807, 2.05) is 0 Å². The van der Waals surface area contributed by atoms with E-state index in [1.165, 1.54) is 23.2 Å². The zero-order valence-corrected chi connectivity index (χ0v) is 17.1.